The molecule has 0 spiro atoms. The summed E-state index contributed by atoms with van der Waals surface area (Å²) in [7, 11) is 0. The van der Waals surface area contributed by atoms with E-state index in [1.807, 2.05) is 27.7 Å². The first kappa shape index (κ1) is 73.2. The molecule has 532 valence electrons. The topological polar surface area (TPSA) is 278 Å². The van der Waals surface area contributed by atoms with E-state index in [4.69, 9.17) is 74.8 Å². The average molecular weight is 1470 g/mol. The summed E-state index contributed by atoms with van der Waals surface area (Å²) in [5, 5.41) is 18.6. The van der Waals surface area contributed by atoms with E-state index in [0.717, 1.165) is 12.8 Å². The van der Waals surface area contributed by atoms with Gasteiger partial charge in [0.2, 0.25) is 37.2 Å². The molecule has 6 heterocycles. The second kappa shape index (κ2) is 33.6. The van der Waals surface area contributed by atoms with Gasteiger partial charge in [-0.1, -0.05) is 72.4 Å². The molecule has 0 N–H and O–H groups in total. The molecule has 32 heteroatoms. The lowest BCUT2D eigenvalue weighted by atomic mass is 10.1. The fourth-order valence-corrected chi connectivity index (χ4v) is 12.5. The van der Waals surface area contributed by atoms with E-state index in [1.165, 1.54) is 63.4 Å². The van der Waals surface area contributed by atoms with Gasteiger partial charge in [-0.2, -0.15) is 20.4 Å². The highest BCUT2D eigenvalue weighted by Gasteiger charge is 2.47. The number of hydrogen-bond donors (Lipinski definition) is 0. The molecule has 2 saturated heterocycles. The number of carbonyl (C=O) groups is 4. The van der Waals surface area contributed by atoms with Gasteiger partial charge in [-0.15, -0.1) is 0 Å². The first-order chi connectivity index (χ1) is 49.5. The van der Waals surface area contributed by atoms with Crippen molar-refractivity contribution in [2.45, 2.75) is 89.5 Å². The molecule has 2 aliphatic heterocycles. The van der Waals surface area contributed by atoms with Crippen LogP contribution in [0.3, 0.4) is 0 Å². The number of aromatic nitrogens is 12. The Morgan fingerprint density at radius 3 is 1.14 bits per heavy atom. The second-order valence-electron chi connectivity index (χ2n) is 23.9. The van der Waals surface area contributed by atoms with Crippen molar-refractivity contribution in [2.24, 2.45) is 0 Å². The maximum Gasteiger partial charge on any atom is 0.350 e. The third-order valence-electron chi connectivity index (χ3n) is 17.3. The molecule has 0 radical (unpaired) electrons. The van der Waals surface area contributed by atoms with Crippen molar-refractivity contribution >= 4 is 94.8 Å². The molecule has 6 atom stereocenters. The summed E-state index contributed by atoms with van der Waals surface area (Å²) < 4.78 is 46.3. The fourth-order valence-electron chi connectivity index (χ4n) is 11.4. The number of benzene rings is 6. The van der Waals surface area contributed by atoms with Crippen molar-refractivity contribution in [1.82, 2.24) is 58.2 Å². The molecule has 28 nitrogen and oxygen atoms in total. The van der Waals surface area contributed by atoms with Gasteiger partial charge in [0, 0.05) is 70.1 Å². The predicted molar refractivity (Wildman–Crippen MR) is 381 cm³/mol. The number of nitrogens with zero attached hydrogens (tertiary/aromatic N) is 16. The summed E-state index contributed by atoms with van der Waals surface area (Å²) in [6.45, 7) is 10.1. The maximum absolute atomic E-state index is 12.8. The molecule has 102 heavy (non-hydrogen) atoms. The normalized spacial score (nSPS) is 17.6. The van der Waals surface area contributed by atoms with Crippen molar-refractivity contribution in [1.29, 1.82) is 0 Å². The number of hydrogen-bond acceptors (Lipinski definition) is 18. The van der Waals surface area contributed by atoms with Crippen molar-refractivity contribution in [3.8, 4) is 22.9 Å². The highest BCUT2D eigenvalue weighted by Crippen LogP contribution is 2.42. The summed E-state index contributed by atoms with van der Waals surface area (Å²) in [4.78, 5) is 87.7. The molecule has 0 aliphatic carbocycles. The van der Waals surface area contributed by atoms with E-state index in [1.54, 1.807) is 155 Å². The van der Waals surface area contributed by atoms with Crippen LogP contribution < -0.4 is 40.5 Å². The van der Waals surface area contributed by atoms with Crippen LogP contribution in [-0.4, -0.2) is 149 Å². The van der Waals surface area contributed by atoms with Crippen LogP contribution in [0.15, 0.2) is 181 Å². The number of rotatable bonds is 32. The van der Waals surface area contributed by atoms with E-state index in [9.17, 15) is 28.8 Å². The average Bonchev–Trinajstić information content (AvgIpc) is 1.47. The highest BCUT2D eigenvalue weighted by atomic mass is 35.5. The van der Waals surface area contributed by atoms with Crippen LogP contribution in [0, 0.1) is 0 Å². The summed E-state index contributed by atoms with van der Waals surface area (Å²) in [5.41, 5.74) is 4.50. The van der Waals surface area contributed by atoms with Gasteiger partial charge in [0.25, 0.3) is 0 Å². The zero-order valence-electron chi connectivity index (χ0n) is 55.8. The zero-order chi connectivity index (χ0) is 71.9. The van der Waals surface area contributed by atoms with Gasteiger partial charge in [0.05, 0.1) is 46.7 Å². The summed E-state index contributed by atoms with van der Waals surface area (Å²) >= 11 is 25.4. The molecule has 4 amide bonds. The van der Waals surface area contributed by atoms with Gasteiger partial charge in [-0.3, -0.25) is 19.2 Å². The standard InChI is InChI=1S/2C35H36Cl2N8O6/c2*1-3-25(2)45-34(48)44(22-40-45)29-7-5-27(6-8-29)41(23-46)14-15-42(24-47)28-9-11-30(12-10-28)49-17-31-18-50-35(51-31,19-43-21-38-20-39-43)32-13-4-26(36)16-33(32)37/h2*4-13,16,20-25,31H,3,14-15,17-19H2,1-2H3/t2*25?,31-,35-/m10/s1. The third-order valence-corrected chi connectivity index (χ3v) is 18.4. The van der Waals surface area contributed by atoms with Crippen LogP contribution in [0.5, 0.6) is 11.5 Å². The fraction of sp³-hybridized carbons (Fsp3) is 0.314. The highest BCUT2D eigenvalue weighted by molar-refractivity contribution is 6.35. The molecule has 12 rings (SSSR count). The zero-order valence-corrected chi connectivity index (χ0v) is 58.9. The minimum absolute atomic E-state index is 0.0188. The Bertz CT molecular complexity index is 4260. The Kier molecular flexibility index (Phi) is 24.1. The number of halogens is 4. The summed E-state index contributed by atoms with van der Waals surface area (Å²) in [6, 6.07) is 38.2. The minimum atomic E-state index is -1.23. The SMILES string of the molecule is CCC(C)n1ncn(-c2ccc(N(C=O)CCN(C=O)c3ccc(OC[C@@H]4CO[C@@](Cn5cncn5)(c5ccc(Cl)cc5Cl)O4)cc3)cc2)c1=O.CCC(C)n1ncn(-c2ccc(N(C=O)CCN(C=O)c3ccc(OC[C@H]4CO[C@](Cn5cncn5)(c5ccc(Cl)cc5Cl)O4)cc3)cc2)c1=O. The molecule has 0 bridgehead atoms. The first-order valence-corrected chi connectivity index (χ1v) is 34.0. The first-order valence-electron chi connectivity index (χ1n) is 32.5. The van der Waals surface area contributed by atoms with Crippen LogP contribution in [0.1, 0.15) is 63.7 Å². The van der Waals surface area contributed by atoms with Crippen molar-refractivity contribution in [3.05, 3.63) is 224 Å². The minimum Gasteiger partial charge on any atom is -0.491 e. The van der Waals surface area contributed by atoms with Gasteiger partial charge in [-0.05, 0) is 148 Å². The lowest BCUT2D eigenvalue weighted by Crippen LogP contribution is -2.35. The van der Waals surface area contributed by atoms with E-state index >= 15 is 0 Å². The quantitative estimate of drug-likeness (QED) is 0.0355. The molecule has 4 aromatic heterocycles. The molecule has 2 fully saturated rings. The molecule has 2 unspecified atom stereocenters. The van der Waals surface area contributed by atoms with E-state index in [0.29, 0.717) is 102 Å². The smallest absolute Gasteiger partial charge is 0.350 e. The summed E-state index contributed by atoms with van der Waals surface area (Å²) in [5.74, 6) is -1.33. The van der Waals surface area contributed by atoms with Gasteiger partial charge >= 0.3 is 11.4 Å². The van der Waals surface area contributed by atoms with Gasteiger partial charge in [-0.25, -0.2) is 47.4 Å². The number of amides is 4. The molecular weight excluding hydrogens is 1400 g/mol. The van der Waals surface area contributed by atoms with Crippen molar-refractivity contribution in [3.63, 3.8) is 0 Å². The largest absolute Gasteiger partial charge is 0.491 e. The Balaban J connectivity index is 0.000000205. The molecule has 10 aromatic rings. The molecule has 6 aromatic carbocycles. The van der Waals surface area contributed by atoms with Crippen molar-refractivity contribution in [2.75, 3.05) is 72.2 Å². The molecule has 2 aliphatic rings. The van der Waals surface area contributed by atoms with Crippen LogP contribution >= 0.6 is 46.4 Å². The van der Waals surface area contributed by atoms with E-state index < -0.39 is 23.8 Å². The van der Waals surface area contributed by atoms with Gasteiger partial charge in [0.1, 0.15) is 88.0 Å². The van der Waals surface area contributed by atoms with Gasteiger partial charge < -0.3 is 48.0 Å². The number of ether oxygens (including phenoxy) is 6. The van der Waals surface area contributed by atoms with E-state index in [2.05, 4.69) is 30.4 Å². The Morgan fingerprint density at radius 1 is 0.490 bits per heavy atom. The Hall–Kier alpha value is -10.0. The molecular formula is C70H72Cl4N16O12. The Morgan fingerprint density at radius 2 is 0.833 bits per heavy atom. The number of anilines is 4. The van der Waals surface area contributed by atoms with Gasteiger partial charge in [0.15, 0.2) is 0 Å². The van der Waals surface area contributed by atoms with Crippen LogP contribution in [-0.2, 0) is 62.8 Å². The maximum atomic E-state index is 12.8. The lowest BCUT2D eigenvalue weighted by molar-refractivity contribution is -0.191. The predicted octanol–water partition coefficient (Wildman–Crippen LogP) is 9.75. The Labute approximate surface area is 605 Å². The van der Waals surface area contributed by atoms with Crippen LogP contribution in [0.2, 0.25) is 20.1 Å². The van der Waals surface area contributed by atoms with E-state index in [-0.39, 0.29) is 89.2 Å². The van der Waals surface area contributed by atoms with Crippen LogP contribution in [0.4, 0.5) is 22.7 Å². The number of carbonyl (C=O) groups excluding carboxylic acids is 4. The van der Waals surface area contributed by atoms with Crippen molar-refractivity contribution < 1.29 is 47.6 Å². The lowest BCUT2D eigenvalue weighted by Gasteiger charge is -2.29. The summed E-state index contributed by atoms with van der Waals surface area (Å²) in [6.07, 6.45) is 12.5. The monoisotopic (exact) mass is 1470 g/mol. The second-order valence-corrected chi connectivity index (χ2v) is 25.5. The van der Waals surface area contributed by atoms with Crippen LogP contribution in [0.25, 0.3) is 11.4 Å². The third kappa shape index (κ3) is 17.1. The molecule has 0 saturated carbocycles.